The molecule has 1 heterocycles. The summed E-state index contributed by atoms with van der Waals surface area (Å²) in [5.74, 6) is 0.358. The highest BCUT2D eigenvalue weighted by atomic mass is 35.5. The van der Waals surface area contributed by atoms with Crippen molar-refractivity contribution in [3.8, 4) is 11.5 Å². The lowest BCUT2D eigenvalue weighted by Gasteiger charge is -2.17. The molecule has 1 aliphatic rings. The van der Waals surface area contributed by atoms with Crippen molar-refractivity contribution in [3.63, 3.8) is 0 Å². The second kappa shape index (κ2) is 9.33. The maximum atomic E-state index is 13.0. The number of nitrogens with one attached hydrogen (secondary N) is 1. The van der Waals surface area contributed by atoms with Crippen LogP contribution in [0.3, 0.4) is 0 Å². The summed E-state index contributed by atoms with van der Waals surface area (Å²) in [4.78, 5) is 17.1. The van der Waals surface area contributed by atoms with Crippen LogP contribution in [0.25, 0.3) is 6.08 Å². The predicted octanol–water partition coefficient (Wildman–Crippen LogP) is 5.56. The van der Waals surface area contributed by atoms with Crippen LogP contribution in [0.2, 0.25) is 5.02 Å². The van der Waals surface area contributed by atoms with Crippen molar-refractivity contribution < 1.29 is 18.7 Å². The van der Waals surface area contributed by atoms with Gasteiger partial charge in [-0.2, -0.15) is 0 Å². The minimum absolute atomic E-state index is 0.00741. The summed E-state index contributed by atoms with van der Waals surface area (Å²) in [6, 6.07) is 9.19. The third kappa shape index (κ3) is 5.31. The van der Waals surface area contributed by atoms with Gasteiger partial charge in [0.15, 0.2) is 16.7 Å². The van der Waals surface area contributed by atoms with Crippen LogP contribution in [0.15, 0.2) is 46.3 Å². The van der Waals surface area contributed by atoms with Crippen LogP contribution in [-0.2, 0) is 4.79 Å². The number of benzene rings is 2. The Morgan fingerprint density at radius 1 is 1.31 bits per heavy atom. The fourth-order valence-corrected chi connectivity index (χ4v) is 3.59. The minimum Gasteiger partial charge on any atom is -0.493 e. The predicted molar refractivity (Wildman–Crippen MR) is 116 cm³/mol. The second-order valence-corrected chi connectivity index (χ2v) is 7.77. The van der Waals surface area contributed by atoms with E-state index in [-0.39, 0.29) is 17.8 Å². The molecule has 1 aliphatic heterocycles. The van der Waals surface area contributed by atoms with Gasteiger partial charge in [0.05, 0.1) is 28.8 Å². The van der Waals surface area contributed by atoms with Crippen molar-refractivity contribution in [3.05, 3.63) is 57.7 Å². The number of nitrogens with zero attached hydrogens (tertiary/aromatic N) is 1. The summed E-state index contributed by atoms with van der Waals surface area (Å²) >= 11 is 7.58. The number of amidine groups is 1. The Balaban J connectivity index is 1.85. The lowest BCUT2D eigenvalue weighted by molar-refractivity contribution is -0.115. The number of amides is 1. The molecule has 1 N–H and O–H groups in total. The zero-order valence-corrected chi connectivity index (χ0v) is 17.7. The highest BCUT2D eigenvalue weighted by Gasteiger charge is 2.24. The molecule has 1 amide bonds. The van der Waals surface area contributed by atoms with Crippen LogP contribution < -0.4 is 14.8 Å². The van der Waals surface area contributed by atoms with Crippen LogP contribution >= 0.6 is 23.4 Å². The number of aliphatic imine (C=N–C) groups is 1. The van der Waals surface area contributed by atoms with E-state index >= 15 is 0 Å². The highest BCUT2D eigenvalue weighted by molar-refractivity contribution is 8.18. The van der Waals surface area contributed by atoms with Crippen molar-refractivity contribution in [2.45, 2.75) is 26.4 Å². The number of rotatable bonds is 6. The van der Waals surface area contributed by atoms with Crippen molar-refractivity contribution in [2.75, 3.05) is 7.11 Å². The van der Waals surface area contributed by atoms with Gasteiger partial charge >= 0.3 is 0 Å². The first-order chi connectivity index (χ1) is 13.9. The molecule has 0 spiro atoms. The van der Waals surface area contributed by atoms with E-state index in [1.54, 1.807) is 18.2 Å². The topological polar surface area (TPSA) is 59.9 Å². The molecule has 8 heteroatoms. The number of carbonyl (C=O) groups excluding carboxylic acids is 1. The summed E-state index contributed by atoms with van der Waals surface area (Å²) < 4.78 is 24.3. The molecule has 0 radical (unpaired) electrons. The van der Waals surface area contributed by atoms with E-state index in [0.29, 0.717) is 37.8 Å². The van der Waals surface area contributed by atoms with Crippen LogP contribution in [-0.4, -0.2) is 24.3 Å². The van der Waals surface area contributed by atoms with Gasteiger partial charge in [-0.15, -0.1) is 0 Å². The lowest BCUT2D eigenvalue weighted by atomic mass is 10.1. The van der Waals surface area contributed by atoms with E-state index < -0.39 is 0 Å². The Morgan fingerprint density at radius 3 is 2.69 bits per heavy atom. The second-order valence-electron chi connectivity index (χ2n) is 6.33. The number of methoxy groups -OCH3 is 1. The summed E-state index contributed by atoms with van der Waals surface area (Å²) in [7, 11) is 1.54. The largest absolute Gasteiger partial charge is 0.493 e. The average molecular weight is 435 g/mol. The molecule has 1 atom stereocenters. The van der Waals surface area contributed by atoms with Crippen molar-refractivity contribution in [1.82, 2.24) is 5.32 Å². The molecular weight excluding hydrogens is 415 g/mol. The lowest BCUT2D eigenvalue weighted by Crippen LogP contribution is -2.19. The molecule has 0 saturated carbocycles. The molecule has 1 saturated heterocycles. The molecule has 5 nitrogen and oxygen atoms in total. The third-order valence-electron chi connectivity index (χ3n) is 4.15. The van der Waals surface area contributed by atoms with E-state index in [0.717, 1.165) is 6.42 Å². The van der Waals surface area contributed by atoms with Crippen LogP contribution in [0.1, 0.15) is 25.8 Å². The van der Waals surface area contributed by atoms with Crippen molar-refractivity contribution >= 4 is 46.2 Å². The zero-order valence-electron chi connectivity index (χ0n) is 16.2. The van der Waals surface area contributed by atoms with E-state index in [1.807, 2.05) is 13.8 Å². The van der Waals surface area contributed by atoms with Gasteiger partial charge in [-0.25, -0.2) is 9.38 Å². The van der Waals surface area contributed by atoms with E-state index in [4.69, 9.17) is 21.1 Å². The van der Waals surface area contributed by atoms with Gasteiger partial charge in [-0.3, -0.25) is 4.79 Å². The van der Waals surface area contributed by atoms with E-state index in [9.17, 15) is 9.18 Å². The average Bonchev–Trinajstić information content (AvgIpc) is 3.04. The first-order valence-corrected chi connectivity index (χ1v) is 10.2. The molecule has 29 heavy (non-hydrogen) atoms. The molecule has 3 rings (SSSR count). The van der Waals surface area contributed by atoms with Gasteiger partial charge in [-0.05, 0) is 73.1 Å². The third-order valence-corrected chi connectivity index (χ3v) is 5.34. The molecule has 1 fully saturated rings. The number of hydrogen-bond acceptors (Lipinski definition) is 5. The van der Waals surface area contributed by atoms with Crippen molar-refractivity contribution in [2.24, 2.45) is 4.99 Å². The summed E-state index contributed by atoms with van der Waals surface area (Å²) in [5, 5.41) is 3.52. The van der Waals surface area contributed by atoms with Crippen molar-refractivity contribution in [1.29, 1.82) is 0 Å². The van der Waals surface area contributed by atoms with Crippen LogP contribution in [0.4, 0.5) is 10.1 Å². The number of hydrogen-bond donors (Lipinski definition) is 1. The fraction of sp³-hybridized carbons (Fsp3) is 0.238. The Kier molecular flexibility index (Phi) is 6.82. The summed E-state index contributed by atoms with van der Waals surface area (Å²) in [5.41, 5.74) is 1.25. The van der Waals surface area contributed by atoms with Crippen LogP contribution in [0.5, 0.6) is 11.5 Å². The van der Waals surface area contributed by atoms with Gasteiger partial charge in [0.1, 0.15) is 5.82 Å². The molecule has 2 aromatic rings. The monoisotopic (exact) mass is 434 g/mol. The Morgan fingerprint density at radius 2 is 2.03 bits per heavy atom. The molecule has 152 valence electrons. The number of halogens is 2. The SMILES string of the molecule is CC[C@@H](C)Oc1c(Cl)cc(/C=C2/SC(=Nc3ccc(F)cc3)NC2=O)cc1OC. The smallest absolute Gasteiger partial charge is 0.264 e. The number of thioether (sulfide) groups is 1. The van der Waals surface area contributed by atoms with Gasteiger partial charge < -0.3 is 14.8 Å². The summed E-state index contributed by atoms with van der Waals surface area (Å²) in [6.07, 6.45) is 2.53. The van der Waals surface area contributed by atoms with E-state index in [1.165, 1.54) is 43.1 Å². The minimum atomic E-state index is -0.343. The maximum Gasteiger partial charge on any atom is 0.264 e. The Labute approximate surface area is 178 Å². The molecular formula is C21H20ClFN2O3S. The fourth-order valence-electron chi connectivity index (χ4n) is 2.49. The standard InChI is InChI=1S/C21H20ClFN2O3S/c1-4-12(2)28-19-16(22)9-13(10-17(19)27-3)11-18-20(26)25-21(29-18)24-15-7-5-14(23)6-8-15/h5-12H,4H2,1-3H3,(H,24,25,26)/b18-11+/t12-/m1/s1. The maximum absolute atomic E-state index is 13.0. The molecule has 0 aliphatic carbocycles. The molecule has 0 unspecified atom stereocenters. The first kappa shape index (κ1) is 21.2. The first-order valence-electron chi connectivity index (χ1n) is 8.99. The summed E-state index contributed by atoms with van der Waals surface area (Å²) in [6.45, 7) is 3.97. The molecule has 2 aromatic carbocycles. The van der Waals surface area contributed by atoms with Gasteiger partial charge in [0.2, 0.25) is 0 Å². The van der Waals surface area contributed by atoms with Gasteiger partial charge in [0.25, 0.3) is 5.91 Å². The highest BCUT2D eigenvalue weighted by Crippen LogP contribution is 2.39. The van der Waals surface area contributed by atoms with Gasteiger partial charge in [-0.1, -0.05) is 18.5 Å². The quantitative estimate of drug-likeness (QED) is 0.605. The Hall–Kier alpha value is -2.51. The zero-order chi connectivity index (χ0) is 21.0. The van der Waals surface area contributed by atoms with Crippen LogP contribution in [0, 0.1) is 5.82 Å². The normalized spacial score (nSPS) is 17.5. The number of ether oxygens (including phenoxy) is 2. The van der Waals surface area contributed by atoms with E-state index in [2.05, 4.69) is 10.3 Å². The van der Waals surface area contributed by atoms with Gasteiger partial charge in [0, 0.05) is 0 Å². The Bertz CT molecular complexity index is 977. The number of carbonyl (C=O) groups is 1. The molecule has 0 aromatic heterocycles. The molecule has 0 bridgehead atoms.